The standard InChI is InChI=1S/C22H19ClN4O3/c1-13-11-19(28)20(26-27(13)18-9-5-15(23)6-10-18)22(30)25-17-4-2-3-14(12-17)21(29)24-16-7-8-16/h2-6,9-12,16H,7-8H2,1H3,(H,24,29)(H,25,30). The molecule has 0 unspecified atom stereocenters. The topological polar surface area (TPSA) is 93.1 Å². The molecular formula is C22H19ClN4O3. The van der Waals surface area contributed by atoms with Crippen LogP contribution in [0.1, 0.15) is 39.4 Å². The first-order chi connectivity index (χ1) is 14.4. The van der Waals surface area contributed by atoms with Gasteiger partial charge in [-0.2, -0.15) is 5.10 Å². The van der Waals surface area contributed by atoms with Gasteiger partial charge in [-0.1, -0.05) is 17.7 Å². The summed E-state index contributed by atoms with van der Waals surface area (Å²) in [6.07, 6.45) is 1.97. The molecule has 3 aromatic rings. The van der Waals surface area contributed by atoms with Crippen LogP contribution in [-0.2, 0) is 0 Å². The number of aryl methyl sites for hydroxylation is 1. The number of amides is 2. The first-order valence-electron chi connectivity index (χ1n) is 9.50. The third kappa shape index (κ3) is 4.41. The predicted molar refractivity (Wildman–Crippen MR) is 114 cm³/mol. The zero-order valence-corrected chi connectivity index (χ0v) is 16.9. The van der Waals surface area contributed by atoms with E-state index in [2.05, 4.69) is 15.7 Å². The van der Waals surface area contributed by atoms with E-state index in [1.54, 1.807) is 55.5 Å². The van der Waals surface area contributed by atoms with Gasteiger partial charge >= 0.3 is 0 Å². The molecule has 0 spiro atoms. The van der Waals surface area contributed by atoms with Gasteiger partial charge in [-0.3, -0.25) is 14.4 Å². The van der Waals surface area contributed by atoms with E-state index in [0.29, 0.717) is 27.7 Å². The van der Waals surface area contributed by atoms with Crippen LogP contribution in [0.15, 0.2) is 59.4 Å². The van der Waals surface area contributed by atoms with Gasteiger partial charge in [0.15, 0.2) is 5.69 Å². The molecule has 2 N–H and O–H groups in total. The molecular weight excluding hydrogens is 404 g/mol. The van der Waals surface area contributed by atoms with E-state index >= 15 is 0 Å². The lowest BCUT2D eigenvalue weighted by Gasteiger charge is -2.12. The molecule has 0 saturated heterocycles. The highest BCUT2D eigenvalue weighted by Crippen LogP contribution is 2.20. The van der Waals surface area contributed by atoms with Crippen molar-refractivity contribution in [2.75, 3.05) is 5.32 Å². The molecule has 2 amide bonds. The second-order valence-corrected chi connectivity index (χ2v) is 7.61. The van der Waals surface area contributed by atoms with Crippen molar-refractivity contribution in [3.8, 4) is 5.69 Å². The number of anilines is 1. The summed E-state index contributed by atoms with van der Waals surface area (Å²) in [5.74, 6) is -0.838. The molecule has 1 aliphatic carbocycles. The number of benzene rings is 2. The number of hydrogen-bond acceptors (Lipinski definition) is 4. The van der Waals surface area contributed by atoms with Gasteiger partial charge in [-0.05, 0) is 62.2 Å². The van der Waals surface area contributed by atoms with Crippen molar-refractivity contribution >= 4 is 29.1 Å². The van der Waals surface area contributed by atoms with Crippen LogP contribution >= 0.6 is 11.6 Å². The van der Waals surface area contributed by atoms with Crippen molar-refractivity contribution in [3.05, 3.63) is 86.8 Å². The molecule has 0 aliphatic heterocycles. The van der Waals surface area contributed by atoms with E-state index < -0.39 is 11.3 Å². The van der Waals surface area contributed by atoms with Crippen molar-refractivity contribution in [1.82, 2.24) is 15.1 Å². The average molecular weight is 423 g/mol. The van der Waals surface area contributed by atoms with Gasteiger partial charge in [-0.25, -0.2) is 4.68 Å². The van der Waals surface area contributed by atoms with E-state index in [0.717, 1.165) is 12.8 Å². The lowest BCUT2D eigenvalue weighted by atomic mass is 10.2. The highest BCUT2D eigenvalue weighted by atomic mass is 35.5. The van der Waals surface area contributed by atoms with Crippen molar-refractivity contribution < 1.29 is 9.59 Å². The molecule has 7 nitrogen and oxygen atoms in total. The number of nitrogens with zero attached hydrogens (tertiary/aromatic N) is 2. The van der Waals surface area contributed by atoms with Gasteiger partial charge in [-0.15, -0.1) is 0 Å². The molecule has 1 aliphatic rings. The Morgan fingerprint density at radius 2 is 1.80 bits per heavy atom. The van der Waals surface area contributed by atoms with Gasteiger partial charge in [0.05, 0.1) is 5.69 Å². The Balaban J connectivity index is 1.59. The van der Waals surface area contributed by atoms with Gasteiger partial charge in [0.1, 0.15) is 0 Å². The van der Waals surface area contributed by atoms with Gasteiger partial charge in [0, 0.05) is 34.1 Å². The zero-order valence-electron chi connectivity index (χ0n) is 16.2. The molecule has 1 saturated carbocycles. The highest BCUT2D eigenvalue weighted by Gasteiger charge is 2.24. The van der Waals surface area contributed by atoms with Crippen molar-refractivity contribution in [2.24, 2.45) is 0 Å². The maximum absolute atomic E-state index is 12.7. The first-order valence-corrected chi connectivity index (χ1v) is 9.88. The summed E-state index contributed by atoms with van der Waals surface area (Å²) in [6.45, 7) is 1.73. The normalized spacial score (nSPS) is 13.0. The average Bonchev–Trinajstić information content (AvgIpc) is 3.53. The van der Waals surface area contributed by atoms with Gasteiger partial charge in [0.2, 0.25) is 5.43 Å². The maximum Gasteiger partial charge on any atom is 0.280 e. The summed E-state index contributed by atoms with van der Waals surface area (Å²) in [6, 6.07) is 15.1. The Labute approximate surface area is 177 Å². The number of aromatic nitrogens is 2. The van der Waals surface area contributed by atoms with Crippen LogP contribution in [0.2, 0.25) is 5.02 Å². The lowest BCUT2D eigenvalue weighted by Crippen LogP contribution is -2.27. The van der Waals surface area contributed by atoms with Crippen molar-refractivity contribution in [1.29, 1.82) is 0 Å². The minimum atomic E-state index is -0.650. The number of nitrogens with one attached hydrogen (secondary N) is 2. The number of carbonyl (C=O) groups excluding carboxylic acids is 2. The predicted octanol–water partition coefficient (Wildman–Crippen LogP) is 3.34. The smallest absolute Gasteiger partial charge is 0.280 e. The Kier molecular flexibility index (Phi) is 5.37. The monoisotopic (exact) mass is 422 g/mol. The molecule has 1 fully saturated rings. The SMILES string of the molecule is Cc1cc(=O)c(C(=O)Nc2cccc(C(=O)NC3CC3)c2)nn1-c1ccc(Cl)cc1. The second-order valence-electron chi connectivity index (χ2n) is 7.17. The van der Waals surface area contributed by atoms with E-state index in [9.17, 15) is 14.4 Å². The fourth-order valence-electron chi connectivity index (χ4n) is 2.97. The Morgan fingerprint density at radius 3 is 2.50 bits per heavy atom. The quantitative estimate of drug-likeness (QED) is 0.659. The van der Waals surface area contributed by atoms with Crippen molar-refractivity contribution in [2.45, 2.75) is 25.8 Å². The van der Waals surface area contributed by atoms with Crippen LogP contribution in [-0.4, -0.2) is 27.6 Å². The zero-order chi connectivity index (χ0) is 21.3. The molecule has 2 aromatic carbocycles. The van der Waals surface area contributed by atoms with E-state index in [-0.39, 0.29) is 17.6 Å². The number of carbonyl (C=O) groups is 2. The molecule has 1 aromatic heterocycles. The summed E-state index contributed by atoms with van der Waals surface area (Å²) >= 11 is 5.93. The summed E-state index contributed by atoms with van der Waals surface area (Å²) in [4.78, 5) is 37.4. The van der Waals surface area contributed by atoms with E-state index in [4.69, 9.17) is 11.6 Å². The fourth-order valence-corrected chi connectivity index (χ4v) is 3.10. The van der Waals surface area contributed by atoms with Crippen LogP contribution in [0.5, 0.6) is 0 Å². The van der Waals surface area contributed by atoms with Crippen LogP contribution < -0.4 is 16.1 Å². The number of halogens is 1. The van der Waals surface area contributed by atoms with Gasteiger partial charge in [0.25, 0.3) is 11.8 Å². The Morgan fingerprint density at radius 1 is 1.07 bits per heavy atom. The molecule has 0 atom stereocenters. The molecule has 0 radical (unpaired) electrons. The molecule has 4 rings (SSSR count). The number of hydrogen-bond donors (Lipinski definition) is 2. The van der Waals surface area contributed by atoms with Crippen LogP contribution in [0.25, 0.3) is 5.69 Å². The maximum atomic E-state index is 12.7. The third-order valence-corrected chi connectivity index (χ3v) is 4.94. The number of rotatable bonds is 5. The minimum Gasteiger partial charge on any atom is -0.349 e. The third-order valence-electron chi connectivity index (χ3n) is 4.69. The Bertz CT molecular complexity index is 1180. The fraction of sp³-hybridized carbons (Fsp3) is 0.182. The molecule has 8 heteroatoms. The molecule has 1 heterocycles. The molecule has 152 valence electrons. The van der Waals surface area contributed by atoms with E-state index in [1.165, 1.54) is 10.7 Å². The van der Waals surface area contributed by atoms with Crippen LogP contribution in [0, 0.1) is 6.92 Å². The summed E-state index contributed by atoms with van der Waals surface area (Å²) in [5.41, 5.74) is 1.36. The molecule has 0 bridgehead atoms. The van der Waals surface area contributed by atoms with Crippen LogP contribution in [0.3, 0.4) is 0 Å². The molecule has 30 heavy (non-hydrogen) atoms. The van der Waals surface area contributed by atoms with E-state index in [1.807, 2.05) is 0 Å². The summed E-state index contributed by atoms with van der Waals surface area (Å²) in [5, 5.41) is 10.4. The second kappa shape index (κ2) is 8.12. The van der Waals surface area contributed by atoms with Crippen molar-refractivity contribution in [3.63, 3.8) is 0 Å². The first kappa shape index (κ1) is 19.8. The largest absolute Gasteiger partial charge is 0.349 e. The summed E-state index contributed by atoms with van der Waals surface area (Å²) < 4.78 is 1.51. The minimum absolute atomic E-state index is 0.188. The van der Waals surface area contributed by atoms with Gasteiger partial charge < -0.3 is 10.6 Å². The summed E-state index contributed by atoms with van der Waals surface area (Å²) in [7, 11) is 0. The van der Waals surface area contributed by atoms with Crippen LogP contribution in [0.4, 0.5) is 5.69 Å². The lowest BCUT2D eigenvalue weighted by molar-refractivity contribution is 0.0949. The Hall–Kier alpha value is -3.45. The highest BCUT2D eigenvalue weighted by molar-refractivity contribution is 6.30.